The summed E-state index contributed by atoms with van der Waals surface area (Å²) in [6.07, 6.45) is 0. The Hall–Kier alpha value is -2.37. The molecule has 0 amide bonds. The van der Waals surface area contributed by atoms with Gasteiger partial charge in [-0.1, -0.05) is 39.8 Å². The van der Waals surface area contributed by atoms with Crippen LogP contribution in [0.2, 0.25) is 0 Å². The summed E-state index contributed by atoms with van der Waals surface area (Å²) in [5, 5.41) is 0.405. The molecule has 6 nitrogen and oxygen atoms in total. The Morgan fingerprint density at radius 2 is 1.75 bits per heavy atom. The predicted molar refractivity (Wildman–Crippen MR) is 93.1 cm³/mol. The Bertz CT molecular complexity index is 861. The molecule has 0 saturated heterocycles. The zero-order valence-corrected chi connectivity index (χ0v) is 14.8. The number of fused-ring (bicyclic) bond motifs is 1. The molecule has 24 heavy (non-hydrogen) atoms. The highest BCUT2D eigenvalue weighted by Gasteiger charge is 2.30. The van der Waals surface area contributed by atoms with Gasteiger partial charge in [0.05, 0.1) is 17.5 Å². The van der Waals surface area contributed by atoms with Crippen LogP contribution in [0, 0.1) is 11.8 Å². The maximum Gasteiger partial charge on any atom is 0.332 e. The van der Waals surface area contributed by atoms with E-state index in [1.54, 1.807) is 45.2 Å². The summed E-state index contributed by atoms with van der Waals surface area (Å²) in [4.78, 5) is 38.1. The van der Waals surface area contributed by atoms with Crippen LogP contribution in [-0.4, -0.2) is 21.7 Å². The molecule has 1 heterocycles. The van der Waals surface area contributed by atoms with E-state index in [4.69, 9.17) is 4.74 Å². The van der Waals surface area contributed by atoms with E-state index in [2.05, 4.69) is 0 Å². The molecule has 0 aliphatic rings. The van der Waals surface area contributed by atoms with Gasteiger partial charge in [-0.2, -0.15) is 0 Å². The fourth-order valence-electron chi connectivity index (χ4n) is 2.68. The number of para-hydroxylation sites is 1. The number of hydrogen-bond donors (Lipinski definition) is 0. The SMILES string of the molecule is CC(C)COC(=O)C(C(C)C)n1c(=O)c2ccccc2n(C)c1=O. The van der Waals surface area contributed by atoms with Crippen molar-refractivity contribution in [1.29, 1.82) is 0 Å². The molecule has 0 bridgehead atoms. The summed E-state index contributed by atoms with van der Waals surface area (Å²) >= 11 is 0. The first-order chi connectivity index (χ1) is 11.3. The van der Waals surface area contributed by atoms with Crippen LogP contribution in [0.15, 0.2) is 33.9 Å². The highest BCUT2D eigenvalue weighted by molar-refractivity contribution is 5.79. The lowest BCUT2D eigenvalue weighted by atomic mass is 10.0. The molecular formula is C18H24N2O4. The number of carbonyl (C=O) groups is 1. The van der Waals surface area contributed by atoms with E-state index in [-0.39, 0.29) is 18.4 Å². The highest BCUT2D eigenvalue weighted by atomic mass is 16.5. The van der Waals surface area contributed by atoms with Crippen molar-refractivity contribution in [1.82, 2.24) is 9.13 Å². The molecule has 0 aliphatic carbocycles. The Morgan fingerprint density at radius 1 is 1.12 bits per heavy atom. The van der Waals surface area contributed by atoms with Crippen LogP contribution in [0.5, 0.6) is 0 Å². The first kappa shape index (κ1) is 18.0. The van der Waals surface area contributed by atoms with Gasteiger partial charge in [0, 0.05) is 7.05 Å². The Morgan fingerprint density at radius 3 is 2.33 bits per heavy atom. The van der Waals surface area contributed by atoms with Gasteiger partial charge in [0.1, 0.15) is 6.04 Å². The van der Waals surface area contributed by atoms with Gasteiger partial charge in [0.15, 0.2) is 0 Å². The quantitative estimate of drug-likeness (QED) is 0.786. The normalized spacial score (nSPS) is 12.8. The fraction of sp³-hybridized carbons (Fsp3) is 0.500. The first-order valence-corrected chi connectivity index (χ1v) is 8.12. The summed E-state index contributed by atoms with van der Waals surface area (Å²) in [6.45, 7) is 7.70. The van der Waals surface area contributed by atoms with Crippen LogP contribution in [0.4, 0.5) is 0 Å². The lowest BCUT2D eigenvalue weighted by molar-refractivity contribution is -0.150. The average Bonchev–Trinajstić information content (AvgIpc) is 2.54. The van der Waals surface area contributed by atoms with Crippen molar-refractivity contribution >= 4 is 16.9 Å². The molecule has 0 radical (unpaired) electrons. The van der Waals surface area contributed by atoms with Crippen molar-refractivity contribution in [2.24, 2.45) is 18.9 Å². The lowest BCUT2D eigenvalue weighted by Crippen LogP contribution is -2.46. The number of esters is 1. The number of hydrogen-bond acceptors (Lipinski definition) is 4. The van der Waals surface area contributed by atoms with Crippen LogP contribution in [0.25, 0.3) is 10.9 Å². The summed E-state index contributed by atoms with van der Waals surface area (Å²) < 4.78 is 7.71. The van der Waals surface area contributed by atoms with Gasteiger partial charge in [-0.05, 0) is 24.0 Å². The minimum Gasteiger partial charge on any atom is -0.464 e. The van der Waals surface area contributed by atoms with E-state index < -0.39 is 23.3 Å². The van der Waals surface area contributed by atoms with E-state index in [0.717, 1.165) is 4.57 Å². The zero-order chi connectivity index (χ0) is 18.0. The van der Waals surface area contributed by atoms with E-state index in [1.165, 1.54) is 4.57 Å². The molecular weight excluding hydrogens is 308 g/mol. The minimum absolute atomic E-state index is 0.179. The lowest BCUT2D eigenvalue weighted by Gasteiger charge is -2.23. The monoisotopic (exact) mass is 332 g/mol. The largest absolute Gasteiger partial charge is 0.464 e. The number of carbonyl (C=O) groups excluding carboxylic acids is 1. The zero-order valence-electron chi connectivity index (χ0n) is 14.8. The highest BCUT2D eigenvalue weighted by Crippen LogP contribution is 2.18. The van der Waals surface area contributed by atoms with Gasteiger partial charge >= 0.3 is 11.7 Å². The van der Waals surface area contributed by atoms with E-state index in [9.17, 15) is 14.4 Å². The van der Waals surface area contributed by atoms with E-state index >= 15 is 0 Å². The van der Waals surface area contributed by atoms with Crippen molar-refractivity contribution in [3.63, 3.8) is 0 Å². The van der Waals surface area contributed by atoms with Gasteiger partial charge in [0.25, 0.3) is 5.56 Å². The molecule has 2 rings (SSSR count). The molecule has 1 aromatic heterocycles. The molecule has 0 aliphatic heterocycles. The van der Waals surface area contributed by atoms with Crippen molar-refractivity contribution in [3.05, 3.63) is 45.1 Å². The van der Waals surface area contributed by atoms with Gasteiger partial charge in [-0.3, -0.25) is 9.36 Å². The van der Waals surface area contributed by atoms with Crippen LogP contribution in [0.3, 0.4) is 0 Å². The number of aryl methyl sites for hydroxylation is 1. The molecule has 2 aromatic rings. The molecule has 1 aromatic carbocycles. The molecule has 1 unspecified atom stereocenters. The van der Waals surface area contributed by atoms with Crippen molar-refractivity contribution in [2.75, 3.05) is 6.61 Å². The first-order valence-electron chi connectivity index (χ1n) is 8.12. The fourth-order valence-corrected chi connectivity index (χ4v) is 2.68. The smallest absolute Gasteiger partial charge is 0.332 e. The molecule has 0 N–H and O–H groups in total. The summed E-state index contributed by atoms with van der Waals surface area (Å²) in [5.74, 6) is -0.623. The Kier molecular flexibility index (Phi) is 5.26. The third kappa shape index (κ3) is 3.27. The van der Waals surface area contributed by atoms with Gasteiger partial charge in [-0.25, -0.2) is 14.2 Å². The molecule has 0 fully saturated rings. The minimum atomic E-state index is -0.945. The van der Waals surface area contributed by atoms with Crippen molar-refractivity contribution in [2.45, 2.75) is 33.7 Å². The second kappa shape index (κ2) is 7.03. The Labute approximate surface area is 140 Å². The molecule has 130 valence electrons. The number of benzene rings is 1. The Balaban J connectivity index is 2.65. The van der Waals surface area contributed by atoms with Crippen LogP contribution in [0.1, 0.15) is 33.7 Å². The number of aromatic nitrogens is 2. The van der Waals surface area contributed by atoms with Gasteiger partial charge < -0.3 is 4.74 Å². The summed E-state index contributed by atoms with van der Waals surface area (Å²) in [6, 6.07) is 5.93. The molecule has 6 heteroatoms. The standard InChI is InChI=1S/C18H24N2O4/c1-11(2)10-24-17(22)15(12(3)4)20-16(21)13-8-6-7-9-14(13)19(5)18(20)23/h6-9,11-12,15H,10H2,1-5H3. The van der Waals surface area contributed by atoms with Crippen molar-refractivity contribution in [3.8, 4) is 0 Å². The topological polar surface area (TPSA) is 70.3 Å². The predicted octanol–water partition coefficient (Wildman–Crippen LogP) is 2.10. The second-order valence-electron chi connectivity index (χ2n) is 6.75. The number of nitrogens with zero attached hydrogens (tertiary/aromatic N) is 2. The van der Waals surface area contributed by atoms with Crippen LogP contribution < -0.4 is 11.2 Å². The van der Waals surface area contributed by atoms with Gasteiger partial charge in [0.2, 0.25) is 0 Å². The third-order valence-corrected chi connectivity index (χ3v) is 3.92. The summed E-state index contributed by atoms with van der Waals surface area (Å²) in [5.41, 5.74) is -0.436. The third-order valence-electron chi connectivity index (χ3n) is 3.92. The molecule has 0 saturated carbocycles. The molecule has 1 atom stereocenters. The maximum atomic E-state index is 12.8. The molecule has 0 spiro atoms. The van der Waals surface area contributed by atoms with Crippen LogP contribution >= 0.6 is 0 Å². The maximum absolute atomic E-state index is 12.8. The average molecular weight is 332 g/mol. The van der Waals surface area contributed by atoms with E-state index in [1.807, 2.05) is 13.8 Å². The number of ether oxygens (including phenoxy) is 1. The van der Waals surface area contributed by atoms with Crippen LogP contribution in [-0.2, 0) is 16.6 Å². The van der Waals surface area contributed by atoms with Crippen molar-refractivity contribution < 1.29 is 9.53 Å². The summed E-state index contributed by atoms with van der Waals surface area (Å²) in [7, 11) is 1.59. The second-order valence-corrected chi connectivity index (χ2v) is 6.75. The van der Waals surface area contributed by atoms with Gasteiger partial charge in [-0.15, -0.1) is 0 Å². The van der Waals surface area contributed by atoms with E-state index in [0.29, 0.717) is 10.9 Å². The number of rotatable bonds is 5.